The highest BCUT2D eigenvalue weighted by atomic mass is 32.2. The van der Waals surface area contributed by atoms with Crippen molar-refractivity contribution in [3.8, 4) is 0 Å². The number of rotatable bonds is 11. The van der Waals surface area contributed by atoms with Crippen molar-refractivity contribution in [3.63, 3.8) is 0 Å². The van der Waals surface area contributed by atoms with Crippen molar-refractivity contribution in [2.75, 3.05) is 32.5 Å². The summed E-state index contributed by atoms with van der Waals surface area (Å²) < 4.78 is 5.16. The molecule has 2 unspecified atom stereocenters. The molecule has 0 aliphatic carbocycles. The second-order valence-corrected chi connectivity index (χ2v) is 4.72. The van der Waals surface area contributed by atoms with Gasteiger partial charge < -0.3 is 20.6 Å². The molecule has 0 heterocycles. The molecule has 0 saturated heterocycles. The van der Waals surface area contributed by atoms with Gasteiger partial charge in [-0.15, -0.1) is 0 Å². The van der Waals surface area contributed by atoms with Gasteiger partial charge in [-0.3, -0.25) is 0 Å². The van der Waals surface area contributed by atoms with Crippen molar-refractivity contribution in [2.45, 2.75) is 38.8 Å². The summed E-state index contributed by atoms with van der Waals surface area (Å²) in [7, 11) is 0. The van der Waals surface area contributed by atoms with Gasteiger partial charge in [0.05, 0.1) is 6.61 Å². The van der Waals surface area contributed by atoms with E-state index < -0.39 is 0 Å². The van der Waals surface area contributed by atoms with Crippen molar-refractivity contribution >= 4 is 12.0 Å². The van der Waals surface area contributed by atoms with Gasteiger partial charge in [-0.2, -0.15) is 0 Å². The van der Waals surface area contributed by atoms with Crippen LogP contribution in [0.3, 0.4) is 0 Å². The summed E-state index contributed by atoms with van der Waals surface area (Å²) in [5.41, 5.74) is 5.68. The Morgan fingerprint density at radius 2 is 1.94 bits per heavy atom. The Kier molecular flexibility index (Phi) is 11.8. The Morgan fingerprint density at radius 3 is 2.56 bits per heavy atom. The summed E-state index contributed by atoms with van der Waals surface area (Å²) >= 11 is 1.42. The van der Waals surface area contributed by atoms with E-state index in [2.05, 4.69) is 17.6 Å². The van der Waals surface area contributed by atoms with Crippen molar-refractivity contribution in [1.82, 2.24) is 10.6 Å². The fourth-order valence-corrected chi connectivity index (χ4v) is 1.55. The van der Waals surface area contributed by atoms with Crippen LogP contribution in [0.1, 0.15) is 26.7 Å². The number of nitrogens with two attached hydrogens (primary N) is 1. The lowest BCUT2D eigenvalue weighted by atomic mass is 10.2. The molecule has 5 heteroatoms. The van der Waals surface area contributed by atoms with Crippen LogP contribution >= 0.6 is 12.0 Å². The normalized spacial score (nSPS) is 15.0. The van der Waals surface area contributed by atoms with Crippen LogP contribution in [-0.4, -0.2) is 44.6 Å². The summed E-state index contributed by atoms with van der Waals surface area (Å²) in [4.78, 5) is 0. The first-order valence-electron chi connectivity index (χ1n) is 6.02. The molecule has 0 saturated carbocycles. The highest BCUT2D eigenvalue weighted by Crippen LogP contribution is 1.93. The quantitative estimate of drug-likeness (QED) is 0.376. The molecule has 0 radical (unpaired) electrons. The van der Waals surface area contributed by atoms with Gasteiger partial charge in [0.1, 0.15) is 0 Å². The largest absolute Gasteiger partial charge is 0.328 e. The summed E-state index contributed by atoms with van der Waals surface area (Å²) in [5, 5.41) is 6.81. The Hall–Kier alpha value is 0.190. The van der Waals surface area contributed by atoms with E-state index in [4.69, 9.17) is 9.92 Å². The molecule has 0 spiro atoms. The van der Waals surface area contributed by atoms with Crippen molar-refractivity contribution in [2.24, 2.45) is 5.73 Å². The second-order valence-electron chi connectivity index (χ2n) is 4.15. The van der Waals surface area contributed by atoms with Crippen molar-refractivity contribution < 1.29 is 4.18 Å². The molecule has 0 aliphatic heterocycles. The van der Waals surface area contributed by atoms with Gasteiger partial charge in [0.25, 0.3) is 0 Å². The molecule has 0 bridgehead atoms. The molecule has 4 N–H and O–H groups in total. The lowest BCUT2D eigenvalue weighted by Gasteiger charge is -2.15. The SMILES string of the molecule is CSOCCNCCC(C)NCCC(C)N. The van der Waals surface area contributed by atoms with Crippen LogP contribution in [0.5, 0.6) is 0 Å². The Bertz CT molecular complexity index is 147. The molecule has 0 fully saturated rings. The first kappa shape index (κ1) is 16.2. The Labute approximate surface area is 104 Å². The van der Waals surface area contributed by atoms with E-state index in [1.807, 2.05) is 13.2 Å². The average molecular weight is 249 g/mol. The molecule has 0 rings (SSSR count). The highest BCUT2D eigenvalue weighted by molar-refractivity contribution is 7.93. The zero-order chi connectivity index (χ0) is 12.2. The summed E-state index contributed by atoms with van der Waals surface area (Å²) in [6, 6.07) is 0.842. The van der Waals surface area contributed by atoms with Gasteiger partial charge in [-0.25, -0.2) is 0 Å². The Morgan fingerprint density at radius 1 is 1.19 bits per heavy atom. The molecular formula is C11H27N3OS. The van der Waals surface area contributed by atoms with Crippen LogP contribution in [0.15, 0.2) is 0 Å². The third-order valence-electron chi connectivity index (χ3n) is 2.33. The maximum absolute atomic E-state index is 5.68. The minimum atomic E-state index is 0.293. The molecule has 4 nitrogen and oxygen atoms in total. The minimum absolute atomic E-state index is 0.293. The predicted octanol–water partition coefficient (Wildman–Crippen LogP) is 0.976. The number of nitrogens with one attached hydrogen (secondary N) is 2. The fraction of sp³-hybridized carbons (Fsp3) is 1.00. The van der Waals surface area contributed by atoms with Crippen LogP contribution in [0.4, 0.5) is 0 Å². The molecule has 0 aromatic carbocycles. The van der Waals surface area contributed by atoms with Gasteiger partial charge >= 0.3 is 0 Å². The van der Waals surface area contributed by atoms with E-state index in [-0.39, 0.29) is 0 Å². The highest BCUT2D eigenvalue weighted by Gasteiger charge is 2.01. The lowest BCUT2D eigenvalue weighted by molar-refractivity contribution is 0.364. The monoisotopic (exact) mass is 249 g/mol. The van der Waals surface area contributed by atoms with E-state index >= 15 is 0 Å². The van der Waals surface area contributed by atoms with Gasteiger partial charge in [-0.1, -0.05) is 0 Å². The minimum Gasteiger partial charge on any atom is -0.328 e. The summed E-state index contributed by atoms with van der Waals surface area (Å²) in [6.45, 7) is 7.99. The van der Waals surface area contributed by atoms with Crippen LogP contribution in [0, 0.1) is 0 Å². The molecule has 2 atom stereocenters. The first-order chi connectivity index (χ1) is 7.66. The zero-order valence-electron chi connectivity index (χ0n) is 10.8. The number of hydrogen-bond acceptors (Lipinski definition) is 5. The van der Waals surface area contributed by atoms with E-state index in [9.17, 15) is 0 Å². The molecule has 16 heavy (non-hydrogen) atoms. The van der Waals surface area contributed by atoms with Crippen LogP contribution in [0.2, 0.25) is 0 Å². The van der Waals surface area contributed by atoms with Gasteiger partial charge in [-0.05, 0) is 51.8 Å². The van der Waals surface area contributed by atoms with E-state index in [0.717, 1.165) is 39.1 Å². The van der Waals surface area contributed by atoms with Crippen molar-refractivity contribution in [1.29, 1.82) is 0 Å². The summed E-state index contributed by atoms with van der Waals surface area (Å²) in [6.07, 6.45) is 4.11. The molecule has 98 valence electrons. The molecule has 0 aliphatic rings. The maximum atomic E-state index is 5.68. The topological polar surface area (TPSA) is 59.3 Å². The third-order valence-corrected chi connectivity index (χ3v) is 2.73. The number of hydrogen-bond donors (Lipinski definition) is 3. The van der Waals surface area contributed by atoms with Gasteiger partial charge in [0.15, 0.2) is 0 Å². The van der Waals surface area contributed by atoms with E-state index in [0.29, 0.717) is 12.1 Å². The maximum Gasteiger partial charge on any atom is 0.0738 e. The van der Waals surface area contributed by atoms with E-state index in [1.54, 1.807) is 0 Å². The zero-order valence-corrected chi connectivity index (χ0v) is 11.6. The smallest absolute Gasteiger partial charge is 0.0738 e. The third kappa shape index (κ3) is 12.3. The molecule has 0 aromatic heterocycles. The van der Waals surface area contributed by atoms with Gasteiger partial charge in [0.2, 0.25) is 0 Å². The van der Waals surface area contributed by atoms with Crippen molar-refractivity contribution in [3.05, 3.63) is 0 Å². The van der Waals surface area contributed by atoms with E-state index in [1.165, 1.54) is 12.0 Å². The van der Waals surface area contributed by atoms with Crippen LogP contribution in [0.25, 0.3) is 0 Å². The van der Waals surface area contributed by atoms with Crippen LogP contribution in [-0.2, 0) is 4.18 Å². The molecule has 0 amide bonds. The lowest BCUT2D eigenvalue weighted by Crippen LogP contribution is -2.33. The molecular weight excluding hydrogens is 222 g/mol. The first-order valence-corrected chi connectivity index (χ1v) is 7.17. The van der Waals surface area contributed by atoms with Gasteiger partial charge in [0, 0.05) is 24.9 Å². The molecule has 0 aromatic rings. The predicted molar refractivity (Wildman–Crippen MR) is 72.7 cm³/mol. The standard InChI is InChI=1S/C11H27N3OS/c1-10(12)4-7-14-11(2)5-6-13-8-9-15-16-3/h10-11,13-14H,4-9,12H2,1-3H3. The summed E-state index contributed by atoms with van der Waals surface area (Å²) in [5.74, 6) is 0. The average Bonchev–Trinajstić information content (AvgIpc) is 2.22. The fourth-order valence-electron chi connectivity index (χ4n) is 1.30. The van der Waals surface area contributed by atoms with Crippen LogP contribution < -0.4 is 16.4 Å². The Balaban J connectivity index is 3.14. The second kappa shape index (κ2) is 11.7.